The summed E-state index contributed by atoms with van der Waals surface area (Å²) in [6.45, 7) is 0.458. The van der Waals surface area contributed by atoms with E-state index in [-0.39, 0.29) is 23.8 Å². The van der Waals surface area contributed by atoms with E-state index >= 15 is 0 Å². The number of halogens is 2. The molecule has 2 atom stereocenters. The minimum Gasteiger partial charge on any atom is -0.335 e. The van der Waals surface area contributed by atoms with Gasteiger partial charge in [-0.3, -0.25) is 0 Å². The smallest absolute Gasteiger partial charge is 0.317 e. The molecule has 2 amide bonds. The second kappa shape index (κ2) is 6.59. The highest BCUT2D eigenvalue weighted by molar-refractivity contribution is 6.31. The van der Waals surface area contributed by atoms with Crippen molar-refractivity contribution < 1.29 is 9.18 Å². The number of hydrogen-bond acceptors (Lipinski definition) is 1. The third kappa shape index (κ3) is 3.82. The van der Waals surface area contributed by atoms with Crippen LogP contribution in [0.3, 0.4) is 0 Å². The first-order valence-corrected chi connectivity index (χ1v) is 7.93. The number of benzene rings is 2. The van der Waals surface area contributed by atoms with Gasteiger partial charge in [0.2, 0.25) is 0 Å². The van der Waals surface area contributed by atoms with Crippen molar-refractivity contribution in [2.75, 3.05) is 7.05 Å². The van der Waals surface area contributed by atoms with E-state index in [1.54, 1.807) is 24.1 Å². The van der Waals surface area contributed by atoms with Crippen molar-refractivity contribution in [1.82, 2.24) is 10.2 Å². The first-order chi connectivity index (χ1) is 11.0. The second-order valence-corrected chi connectivity index (χ2v) is 6.30. The molecule has 3 rings (SSSR count). The summed E-state index contributed by atoms with van der Waals surface area (Å²) in [6.07, 6.45) is 0.886. The monoisotopic (exact) mass is 332 g/mol. The Morgan fingerprint density at radius 1 is 1.26 bits per heavy atom. The Bertz CT molecular complexity index is 704. The minimum atomic E-state index is -0.241. The van der Waals surface area contributed by atoms with E-state index in [4.69, 9.17) is 11.6 Å². The van der Waals surface area contributed by atoms with Gasteiger partial charge in [0.05, 0.1) is 0 Å². The number of nitrogens with one attached hydrogen (secondary N) is 1. The van der Waals surface area contributed by atoms with Crippen LogP contribution in [0.15, 0.2) is 48.5 Å². The van der Waals surface area contributed by atoms with Gasteiger partial charge in [-0.25, -0.2) is 9.18 Å². The number of carbonyl (C=O) groups is 1. The minimum absolute atomic E-state index is 0.113. The molecule has 120 valence electrons. The van der Waals surface area contributed by atoms with Crippen LogP contribution in [0.1, 0.15) is 23.5 Å². The Morgan fingerprint density at radius 3 is 2.65 bits per heavy atom. The van der Waals surface area contributed by atoms with Gasteiger partial charge in [0.25, 0.3) is 0 Å². The molecule has 3 nitrogen and oxygen atoms in total. The van der Waals surface area contributed by atoms with Crippen molar-refractivity contribution in [3.8, 4) is 0 Å². The SMILES string of the molecule is CN(Cc1ccccc1Cl)C(=O)N[C@@H]1C[C@H]1c1ccc(F)cc1. The lowest BCUT2D eigenvalue weighted by atomic mass is 10.1. The van der Waals surface area contributed by atoms with Crippen LogP contribution >= 0.6 is 11.6 Å². The van der Waals surface area contributed by atoms with E-state index in [0.29, 0.717) is 11.6 Å². The average Bonchev–Trinajstić information content (AvgIpc) is 3.29. The predicted octanol–water partition coefficient (Wildman–Crippen LogP) is 4.18. The quantitative estimate of drug-likeness (QED) is 0.895. The average molecular weight is 333 g/mol. The molecule has 1 N–H and O–H groups in total. The zero-order valence-electron chi connectivity index (χ0n) is 12.8. The lowest BCUT2D eigenvalue weighted by molar-refractivity contribution is 0.206. The molecule has 0 radical (unpaired) electrons. The lowest BCUT2D eigenvalue weighted by Gasteiger charge is -2.19. The summed E-state index contributed by atoms with van der Waals surface area (Å²) in [4.78, 5) is 13.9. The largest absolute Gasteiger partial charge is 0.335 e. The maximum Gasteiger partial charge on any atom is 0.317 e. The first kappa shape index (κ1) is 15.8. The molecule has 0 heterocycles. The Labute approximate surface area is 140 Å². The third-order valence-corrected chi connectivity index (χ3v) is 4.48. The molecule has 1 saturated carbocycles. The Balaban J connectivity index is 1.54. The zero-order chi connectivity index (χ0) is 16.4. The third-order valence-electron chi connectivity index (χ3n) is 4.11. The van der Waals surface area contributed by atoms with Gasteiger partial charge in [0.1, 0.15) is 5.82 Å². The Hall–Kier alpha value is -2.07. The Morgan fingerprint density at radius 2 is 1.96 bits per heavy atom. The second-order valence-electron chi connectivity index (χ2n) is 5.90. The topological polar surface area (TPSA) is 32.3 Å². The molecule has 23 heavy (non-hydrogen) atoms. The van der Waals surface area contributed by atoms with Crippen LogP contribution in [0.2, 0.25) is 5.02 Å². The van der Waals surface area contributed by atoms with Crippen molar-refractivity contribution >= 4 is 17.6 Å². The molecule has 0 bridgehead atoms. The van der Waals surface area contributed by atoms with Gasteiger partial charge in [-0.15, -0.1) is 0 Å². The molecule has 0 aromatic heterocycles. The molecule has 0 saturated heterocycles. The summed E-state index contributed by atoms with van der Waals surface area (Å²) in [5, 5.41) is 3.66. The van der Waals surface area contributed by atoms with Crippen LogP contribution in [0, 0.1) is 5.82 Å². The summed E-state index contributed by atoms with van der Waals surface area (Å²) < 4.78 is 12.9. The fraction of sp³-hybridized carbons (Fsp3) is 0.278. The summed E-state index contributed by atoms with van der Waals surface area (Å²) in [6, 6.07) is 13.9. The molecule has 0 unspecified atom stereocenters. The van der Waals surface area contributed by atoms with Gasteiger partial charge in [0, 0.05) is 30.6 Å². The molecular formula is C18H18ClFN2O. The van der Waals surface area contributed by atoms with Crippen LogP contribution in [-0.2, 0) is 6.54 Å². The number of nitrogens with zero attached hydrogens (tertiary/aromatic N) is 1. The van der Waals surface area contributed by atoms with E-state index in [1.807, 2.05) is 24.3 Å². The van der Waals surface area contributed by atoms with Crippen molar-refractivity contribution in [3.05, 3.63) is 70.5 Å². The highest BCUT2D eigenvalue weighted by Gasteiger charge is 2.39. The van der Waals surface area contributed by atoms with Gasteiger partial charge >= 0.3 is 6.03 Å². The summed E-state index contributed by atoms with van der Waals surface area (Å²) in [7, 11) is 1.74. The van der Waals surface area contributed by atoms with Crippen LogP contribution in [0.4, 0.5) is 9.18 Å². The standard InChI is InChI=1S/C18H18ClFN2O/c1-22(11-13-4-2-3-5-16(13)19)18(23)21-17-10-15(17)12-6-8-14(20)9-7-12/h2-9,15,17H,10-11H2,1H3,(H,21,23)/t15-,17+/m0/s1. The maximum atomic E-state index is 12.9. The van der Waals surface area contributed by atoms with Crippen LogP contribution in [0.5, 0.6) is 0 Å². The molecule has 1 fully saturated rings. The summed E-state index contributed by atoms with van der Waals surface area (Å²) in [5.74, 6) is 0.0303. The summed E-state index contributed by atoms with van der Waals surface area (Å²) >= 11 is 6.12. The van der Waals surface area contributed by atoms with Crippen LogP contribution < -0.4 is 5.32 Å². The van der Waals surface area contributed by atoms with Gasteiger partial charge in [-0.2, -0.15) is 0 Å². The number of amides is 2. The van der Waals surface area contributed by atoms with Gasteiger partial charge in [-0.05, 0) is 35.7 Å². The molecule has 1 aliphatic rings. The van der Waals surface area contributed by atoms with Gasteiger partial charge in [-0.1, -0.05) is 41.9 Å². The fourth-order valence-electron chi connectivity index (χ4n) is 2.66. The number of hydrogen-bond donors (Lipinski definition) is 1. The van der Waals surface area contributed by atoms with E-state index in [1.165, 1.54) is 12.1 Å². The molecular weight excluding hydrogens is 315 g/mol. The van der Waals surface area contributed by atoms with E-state index < -0.39 is 0 Å². The molecule has 5 heteroatoms. The zero-order valence-corrected chi connectivity index (χ0v) is 13.6. The maximum absolute atomic E-state index is 12.9. The normalized spacial score (nSPS) is 19.3. The van der Waals surface area contributed by atoms with Crippen LogP contribution in [-0.4, -0.2) is 24.0 Å². The van der Waals surface area contributed by atoms with E-state index in [0.717, 1.165) is 17.5 Å². The van der Waals surface area contributed by atoms with Crippen molar-refractivity contribution in [2.24, 2.45) is 0 Å². The fourth-order valence-corrected chi connectivity index (χ4v) is 2.85. The van der Waals surface area contributed by atoms with Crippen LogP contribution in [0.25, 0.3) is 0 Å². The van der Waals surface area contributed by atoms with E-state index in [9.17, 15) is 9.18 Å². The number of urea groups is 1. The lowest BCUT2D eigenvalue weighted by Crippen LogP contribution is -2.38. The van der Waals surface area contributed by atoms with E-state index in [2.05, 4.69) is 5.32 Å². The highest BCUT2D eigenvalue weighted by Crippen LogP contribution is 2.40. The molecule has 2 aromatic carbocycles. The number of carbonyl (C=O) groups excluding carboxylic acids is 1. The first-order valence-electron chi connectivity index (χ1n) is 7.55. The van der Waals surface area contributed by atoms with Gasteiger partial charge in [0.15, 0.2) is 0 Å². The molecule has 1 aliphatic carbocycles. The highest BCUT2D eigenvalue weighted by atomic mass is 35.5. The van der Waals surface area contributed by atoms with Gasteiger partial charge < -0.3 is 10.2 Å². The molecule has 2 aromatic rings. The predicted molar refractivity (Wildman–Crippen MR) is 89.0 cm³/mol. The van der Waals surface area contributed by atoms with Crippen molar-refractivity contribution in [1.29, 1.82) is 0 Å². The van der Waals surface area contributed by atoms with Crippen molar-refractivity contribution in [3.63, 3.8) is 0 Å². The molecule has 0 aliphatic heterocycles. The summed E-state index contributed by atoms with van der Waals surface area (Å²) in [5.41, 5.74) is 1.98. The molecule has 0 spiro atoms. The van der Waals surface area contributed by atoms with Crippen molar-refractivity contribution in [2.45, 2.75) is 24.9 Å². The number of rotatable bonds is 4. The Kier molecular flexibility index (Phi) is 4.53.